The molecule has 126 valence electrons. The van der Waals surface area contributed by atoms with Crippen molar-refractivity contribution in [2.45, 2.75) is 20.4 Å². The van der Waals surface area contributed by atoms with E-state index in [1.165, 1.54) is 7.11 Å². The number of hydrogen-bond donors (Lipinski definition) is 0. The third-order valence-corrected chi connectivity index (χ3v) is 3.76. The van der Waals surface area contributed by atoms with E-state index in [0.717, 1.165) is 11.3 Å². The van der Waals surface area contributed by atoms with Gasteiger partial charge in [-0.2, -0.15) is 0 Å². The predicted octanol–water partition coefficient (Wildman–Crippen LogP) is 2.84. The van der Waals surface area contributed by atoms with Crippen molar-refractivity contribution in [3.8, 4) is 0 Å². The molecule has 24 heavy (non-hydrogen) atoms. The topological polar surface area (TPSA) is 59.5 Å². The van der Waals surface area contributed by atoms with Gasteiger partial charge in [-0.1, -0.05) is 30.7 Å². The third kappa shape index (κ3) is 4.65. The van der Waals surface area contributed by atoms with E-state index in [2.05, 4.69) is 4.98 Å². The Morgan fingerprint density at radius 2 is 1.88 bits per heavy atom. The normalized spacial score (nSPS) is 11.6. The van der Waals surface area contributed by atoms with Gasteiger partial charge in [0.25, 0.3) is 5.91 Å². The lowest BCUT2D eigenvalue weighted by Crippen LogP contribution is -2.37. The second kappa shape index (κ2) is 8.24. The number of hydrogen-bond acceptors (Lipinski definition) is 4. The van der Waals surface area contributed by atoms with E-state index in [0.29, 0.717) is 12.1 Å². The highest BCUT2D eigenvalue weighted by molar-refractivity contribution is 5.94. The molecule has 0 aliphatic rings. The fourth-order valence-electron chi connectivity index (χ4n) is 2.39. The van der Waals surface area contributed by atoms with E-state index in [1.54, 1.807) is 30.2 Å². The number of nitrogens with zero attached hydrogens (tertiary/aromatic N) is 2. The largest absolute Gasteiger partial charge is 0.469 e. The summed E-state index contributed by atoms with van der Waals surface area (Å²) in [5.41, 5.74) is 2.45. The molecule has 1 amide bonds. The Morgan fingerprint density at radius 3 is 2.46 bits per heavy atom. The van der Waals surface area contributed by atoms with Crippen LogP contribution >= 0.6 is 0 Å². The summed E-state index contributed by atoms with van der Waals surface area (Å²) in [7, 11) is 1.35. The first-order valence-electron chi connectivity index (χ1n) is 7.85. The standard InChI is InChI=1S/C19H22N2O3/c1-14-7-9-16(10-8-14)18(22)21(12-15(2)19(23)24-3)13-17-6-4-5-11-20-17/h4-11,15H,12-13H2,1-3H3. The Kier molecular flexibility index (Phi) is 6.07. The Labute approximate surface area is 142 Å². The molecule has 1 atom stereocenters. The van der Waals surface area contributed by atoms with Gasteiger partial charge in [0.05, 0.1) is 25.3 Å². The van der Waals surface area contributed by atoms with E-state index in [9.17, 15) is 9.59 Å². The van der Waals surface area contributed by atoms with Crippen molar-refractivity contribution in [3.05, 3.63) is 65.5 Å². The number of pyridine rings is 1. The summed E-state index contributed by atoms with van der Waals surface area (Å²) in [5, 5.41) is 0. The number of benzene rings is 1. The molecule has 1 aromatic carbocycles. The molecule has 0 saturated carbocycles. The zero-order valence-electron chi connectivity index (χ0n) is 14.2. The highest BCUT2D eigenvalue weighted by Crippen LogP contribution is 2.13. The minimum atomic E-state index is -0.409. The average molecular weight is 326 g/mol. The first-order chi connectivity index (χ1) is 11.5. The summed E-state index contributed by atoms with van der Waals surface area (Å²) in [6, 6.07) is 13.0. The second-order valence-electron chi connectivity index (χ2n) is 5.80. The lowest BCUT2D eigenvalue weighted by molar-refractivity contribution is -0.145. The first-order valence-corrected chi connectivity index (χ1v) is 7.85. The number of ether oxygens (including phenoxy) is 1. The fourth-order valence-corrected chi connectivity index (χ4v) is 2.39. The quantitative estimate of drug-likeness (QED) is 0.766. The monoisotopic (exact) mass is 326 g/mol. The Bertz CT molecular complexity index is 684. The lowest BCUT2D eigenvalue weighted by atomic mass is 10.1. The molecule has 0 fully saturated rings. The van der Waals surface area contributed by atoms with Gasteiger partial charge in [0, 0.05) is 18.3 Å². The van der Waals surface area contributed by atoms with Gasteiger partial charge in [-0.3, -0.25) is 14.6 Å². The number of aryl methyl sites for hydroxylation is 1. The van der Waals surface area contributed by atoms with Crippen molar-refractivity contribution in [1.29, 1.82) is 0 Å². The molecule has 1 heterocycles. The van der Waals surface area contributed by atoms with Crippen LogP contribution in [0.4, 0.5) is 0 Å². The Balaban J connectivity index is 2.22. The van der Waals surface area contributed by atoms with Gasteiger partial charge >= 0.3 is 5.97 Å². The molecule has 0 saturated heterocycles. The molecule has 1 unspecified atom stereocenters. The summed E-state index contributed by atoms with van der Waals surface area (Å²) in [5.74, 6) is -0.873. The van der Waals surface area contributed by atoms with Gasteiger partial charge in [-0.15, -0.1) is 0 Å². The molecule has 0 bridgehead atoms. The average Bonchev–Trinajstić information content (AvgIpc) is 2.61. The maximum absolute atomic E-state index is 12.9. The Morgan fingerprint density at radius 1 is 1.17 bits per heavy atom. The van der Waals surface area contributed by atoms with Crippen LogP contribution < -0.4 is 0 Å². The van der Waals surface area contributed by atoms with Gasteiger partial charge in [0.2, 0.25) is 0 Å². The molecule has 5 nitrogen and oxygen atoms in total. The van der Waals surface area contributed by atoms with Crippen LogP contribution in [0.15, 0.2) is 48.7 Å². The number of carbonyl (C=O) groups excluding carboxylic acids is 2. The lowest BCUT2D eigenvalue weighted by Gasteiger charge is -2.25. The van der Waals surface area contributed by atoms with Crippen molar-refractivity contribution in [2.75, 3.05) is 13.7 Å². The number of esters is 1. The minimum absolute atomic E-state index is 0.128. The van der Waals surface area contributed by atoms with Crippen molar-refractivity contribution in [1.82, 2.24) is 9.88 Å². The van der Waals surface area contributed by atoms with Gasteiger partial charge in [0.1, 0.15) is 0 Å². The third-order valence-electron chi connectivity index (χ3n) is 3.76. The molecule has 0 radical (unpaired) electrons. The first kappa shape index (κ1) is 17.7. The number of carbonyl (C=O) groups is 2. The van der Waals surface area contributed by atoms with Crippen LogP contribution in [0, 0.1) is 12.8 Å². The number of aromatic nitrogens is 1. The van der Waals surface area contributed by atoms with Gasteiger partial charge in [-0.05, 0) is 31.2 Å². The van der Waals surface area contributed by atoms with Crippen molar-refractivity contribution < 1.29 is 14.3 Å². The molecule has 5 heteroatoms. The highest BCUT2D eigenvalue weighted by Gasteiger charge is 2.23. The van der Waals surface area contributed by atoms with Crippen LogP contribution in [0.5, 0.6) is 0 Å². The fraction of sp³-hybridized carbons (Fsp3) is 0.316. The number of methoxy groups -OCH3 is 1. The van der Waals surface area contributed by atoms with Crippen LogP contribution in [-0.4, -0.2) is 35.4 Å². The van der Waals surface area contributed by atoms with Crippen molar-refractivity contribution in [3.63, 3.8) is 0 Å². The number of rotatable bonds is 6. The maximum Gasteiger partial charge on any atom is 0.310 e. The summed E-state index contributed by atoms with van der Waals surface area (Å²) in [6.45, 7) is 4.34. The summed E-state index contributed by atoms with van der Waals surface area (Å²) < 4.78 is 4.77. The van der Waals surface area contributed by atoms with Crippen LogP contribution in [0.2, 0.25) is 0 Å². The van der Waals surface area contributed by atoms with Gasteiger partial charge < -0.3 is 9.64 Å². The molecular weight excluding hydrogens is 304 g/mol. The SMILES string of the molecule is COC(=O)C(C)CN(Cc1ccccn1)C(=O)c1ccc(C)cc1. The van der Waals surface area contributed by atoms with E-state index in [4.69, 9.17) is 4.74 Å². The zero-order valence-corrected chi connectivity index (χ0v) is 14.2. The Hall–Kier alpha value is -2.69. The van der Waals surface area contributed by atoms with Crippen molar-refractivity contribution >= 4 is 11.9 Å². The predicted molar refractivity (Wildman–Crippen MR) is 91.3 cm³/mol. The maximum atomic E-state index is 12.9. The smallest absolute Gasteiger partial charge is 0.310 e. The molecule has 1 aromatic heterocycles. The molecule has 0 aliphatic carbocycles. The highest BCUT2D eigenvalue weighted by atomic mass is 16.5. The molecule has 2 aromatic rings. The van der Waals surface area contributed by atoms with Crippen LogP contribution in [0.3, 0.4) is 0 Å². The molecule has 0 spiro atoms. The van der Waals surface area contributed by atoms with Crippen molar-refractivity contribution in [2.24, 2.45) is 5.92 Å². The van der Waals surface area contributed by atoms with E-state index < -0.39 is 5.92 Å². The van der Waals surface area contributed by atoms with Gasteiger partial charge in [-0.25, -0.2) is 0 Å². The molecular formula is C19H22N2O3. The van der Waals surface area contributed by atoms with Gasteiger partial charge in [0.15, 0.2) is 0 Å². The van der Waals surface area contributed by atoms with Crippen LogP contribution in [0.1, 0.15) is 28.5 Å². The second-order valence-corrected chi connectivity index (χ2v) is 5.80. The summed E-state index contributed by atoms with van der Waals surface area (Å²) in [4.78, 5) is 30.5. The minimum Gasteiger partial charge on any atom is -0.469 e. The van der Waals surface area contributed by atoms with E-state index in [-0.39, 0.29) is 18.4 Å². The zero-order chi connectivity index (χ0) is 17.5. The molecule has 0 N–H and O–H groups in total. The van der Waals surface area contributed by atoms with Crippen LogP contribution in [-0.2, 0) is 16.1 Å². The summed E-state index contributed by atoms with van der Waals surface area (Å²) >= 11 is 0. The molecule has 0 aliphatic heterocycles. The summed E-state index contributed by atoms with van der Waals surface area (Å²) in [6.07, 6.45) is 1.69. The van der Waals surface area contributed by atoms with Crippen LogP contribution in [0.25, 0.3) is 0 Å². The molecule has 2 rings (SSSR count). The van der Waals surface area contributed by atoms with E-state index in [1.807, 2.05) is 37.3 Å². The van der Waals surface area contributed by atoms with E-state index >= 15 is 0 Å². The number of amides is 1.